The molecule has 104 valence electrons. The van der Waals surface area contributed by atoms with Crippen molar-refractivity contribution in [3.63, 3.8) is 0 Å². The molecule has 1 aliphatic carbocycles. The lowest BCUT2D eigenvalue weighted by atomic mass is 9.71. The number of carbonyl (C=O) groups is 1. The molecule has 1 aromatic carbocycles. The van der Waals surface area contributed by atoms with Crippen LogP contribution in [0.2, 0.25) is 0 Å². The number of fused-ring (bicyclic) bond motifs is 2. The Bertz CT molecular complexity index is 610. The molecule has 2 aliphatic rings. The third-order valence-corrected chi connectivity index (χ3v) is 4.12. The number of hydrogen-bond donors (Lipinski definition) is 2. The molecule has 3 atom stereocenters. The SMILES string of the molecule is CN1c2ccccc2C(O)(C(=O)OO)C2C=CC=CC21. The Morgan fingerprint density at radius 2 is 2.00 bits per heavy atom. The molecule has 0 aromatic heterocycles. The van der Waals surface area contributed by atoms with Crippen LogP contribution in [0.1, 0.15) is 5.56 Å². The molecule has 2 N–H and O–H groups in total. The summed E-state index contributed by atoms with van der Waals surface area (Å²) in [7, 11) is 1.91. The molecular formula is C15H15NO4. The van der Waals surface area contributed by atoms with Crippen LogP contribution in [0.15, 0.2) is 48.6 Å². The van der Waals surface area contributed by atoms with Crippen LogP contribution in [0, 0.1) is 5.92 Å². The molecular weight excluding hydrogens is 258 g/mol. The molecule has 0 bridgehead atoms. The Labute approximate surface area is 116 Å². The fraction of sp³-hybridized carbons (Fsp3) is 0.267. The van der Waals surface area contributed by atoms with E-state index in [0.717, 1.165) is 5.69 Å². The standard InChI is InChI=1S/C15H15NO4/c1-16-12-8-4-2-6-10(12)15(18,14(17)20-19)11-7-3-5-9-13(11)16/h2-10,12,18-19H,1H3. The van der Waals surface area contributed by atoms with Gasteiger partial charge in [-0.3, -0.25) is 4.89 Å². The molecule has 0 saturated carbocycles. The number of hydrogen-bond acceptors (Lipinski definition) is 5. The summed E-state index contributed by atoms with van der Waals surface area (Å²) in [5.41, 5.74) is -0.728. The largest absolute Gasteiger partial charge is 0.378 e. The van der Waals surface area contributed by atoms with E-state index in [1.807, 2.05) is 36.2 Å². The fourth-order valence-corrected chi connectivity index (χ4v) is 3.11. The van der Waals surface area contributed by atoms with Gasteiger partial charge in [-0.05, 0) is 6.07 Å². The van der Waals surface area contributed by atoms with E-state index in [1.165, 1.54) is 0 Å². The summed E-state index contributed by atoms with van der Waals surface area (Å²) in [6.45, 7) is 0. The second-order valence-corrected chi connectivity index (χ2v) is 5.06. The van der Waals surface area contributed by atoms with E-state index in [9.17, 15) is 9.90 Å². The van der Waals surface area contributed by atoms with Crippen molar-refractivity contribution in [1.82, 2.24) is 0 Å². The number of aliphatic hydroxyl groups is 1. The lowest BCUT2D eigenvalue weighted by Gasteiger charge is -2.47. The number of rotatable bonds is 1. The first kappa shape index (κ1) is 12.9. The summed E-state index contributed by atoms with van der Waals surface area (Å²) in [6, 6.07) is 6.89. The molecule has 3 unspecified atom stereocenters. The average Bonchev–Trinajstić information content (AvgIpc) is 2.52. The summed E-state index contributed by atoms with van der Waals surface area (Å²) in [5.74, 6) is -1.58. The first-order valence-corrected chi connectivity index (χ1v) is 6.36. The van der Waals surface area contributed by atoms with Gasteiger partial charge in [0.15, 0.2) is 0 Å². The first-order valence-electron chi connectivity index (χ1n) is 6.36. The van der Waals surface area contributed by atoms with Crippen LogP contribution in [0.3, 0.4) is 0 Å². The summed E-state index contributed by atoms with van der Waals surface area (Å²) in [5, 5.41) is 19.7. The van der Waals surface area contributed by atoms with Gasteiger partial charge >= 0.3 is 5.97 Å². The summed E-state index contributed by atoms with van der Waals surface area (Å²) >= 11 is 0. The van der Waals surface area contributed by atoms with Crippen LogP contribution in [0.5, 0.6) is 0 Å². The molecule has 1 aliphatic heterocycles. The molecule has 0 amide bonds. The van der Waals surface area contributed by atoms with Crippen molar-refractivity contribution in [2.24, 2.45) is 5.92 Å². The van der Waals surface area contributed by atoms with Gasteiger partial charge < -0.3 is 10.0 Å². The quantitative estimate of drug-likeness (QED) is 0.598. The van der Waals surface area contributed by atoms with E-state index in [-0.39, 0.29) is 6.04 Å². The third-order valence-electron chi connectivity index (χ3n) is 4.12. The summed E-state index contributed by atoms with van der Waals surface area (Å²) in [4.78, 5) is 17.9. The number of benzene rings is 1. The zero-order valence-corrected chi connectivity index (χ0v) is 10.9. The first-order chi connectivity index (χ1) is 9.60. The number of anilines is 1. The number of carbonyl (C=O) groups excluding carboxylic acids is 1. The number of para-hydroxylation sites is 1. The highest BCUT2D eigenvalue weighted by molar-refractivity contribution is 5.86. The molecule has 0 radical (unpaired) electrons. The van der Waals surface area contributed by atoms with Crippen molar-refractivity contribution in [3.8, 4) is 0 Å². The van der Waals surface area contributed by atoms with E-state index in [0.29, 0.717) is 5.56 Å². The Hall–Kier alpha value is -2.11. The minimum absolute atomic E-state index is 0.181. The van der Waals surface area contributed by atoms with Crippen LogP contribution >= 0.6 is 0 Å². The van der Waals surface area contributed by atoms with Crippen LogP contribution in [0.25, 0.3) is 0 Å². The molecule has 3 rings (SSSR count). The summed E-state index contributed by atoms with van der Waals surface area (Å²) in [6.07, 6.45) is 7.32. The van der Waals surface area contributed by atoms with E-state index < -0.39 is 17.5 Å². The maximum atomic E-state index is 12.0. The lowest BCUT2D eigenvalue weighted by Crippen LogP contribution is -2.56. The molecule has 0 fully saturated rings. The zero-order chi connectivity index (χ0) is 14.3. The molecule has 5 nitrogen and oxygen atoms in total. The van der Waals surface area contributed by atoms with Gasteiger partial charge in [0.25, 0.3) is 0 Å². The van der Waals surface area contributed by atoms with Gasteiger partial charge in [0.1, 0.15) is 0 Å². The Balaban J connectivity index is 2.25. The second kappa shape index (κ2) is 4.47. The second-order valence-electron chi connectivity index (χ2n) is 5.06. The van der Waals surface area contributed by atoms with Crippen molar-refractivity contribution in [2.45, 2.75) is 11.6 Å². The van der Waals surface area contributed by atoms with Gasteiger partial charge in [0.2, 0.25) is 5.60 Å². The highest BCUT2D eigenvalue weighted by atomic mass is 17.1. The number of allylic oxidation sites excluding steroid dienone is 2. The molecule has 1 aromatic rings. The van der Waals surface area contributed by atoms with E-state index in [1.54, 1.807) is 24.3 Å². The molecule has 0 saturated heterocycles. The monoisotopic (exact) mass is 273 g/mol. The predicted octanol–water partition coefficient (Wildman–Crippen LogP) is 1.45. The van der Waals surface area contributed by atoms with E-state index >= 15 is 0 Å². The average molecular weight is 273 g/mol. The van der Waals surface area contributed by atoms with Crippen molar-refractivity contribution in [1.29, 1.82) is 0 Å². The topological polar surface area (TPSA) is 70.0 Å². The minimum atomic E-state index is -1.90. The normalized spacial score (nSPS) is 30.6. The molecule has 5 heteroatoms. The van der Waals surface area contributed by atoms with E-state index in [2.05, 4.69) is 4.89 Å². The van der Waals surface area contributed by atoms with Crippen molar-refractivity contribution < 1.29 is 20.0 Å². The van der Waals surface area contributed by atoms with Crippen LogP contribution < -0.4 is 4.90 Å². The van der Waals surface area contributed by atoms with Gasteiger partial charge in [-0.25, -0.2) is 4.79 Å². The number of likely N-dealkylation sites (N-methyl/N-ethyl adjacent to an activating group) is 1. The minimum Gasteiger partial charge on any atom is -0.373 e. The molecule has 0 spiro atoms. The smallest absolute Gasteiger partial charge is 0.373 e. The van der Waals surface area contributed by atoms with Gasteiger partial charge in [-0.2, -0.15) is 5.26 Å². The Morgan fingerprint density at radius 3 is 2.75 bits per heavy atom. The lowest BCUT2D eigenvalue weighted by molar-refractivity contribution is -0.256. The van der Waals surface area contributed by atoms with Gasteiger partial charge in [0.05, 0.1) is 6.04 Å². The van der Waals surface area contributed by atoms with Crippen LogP contribution in [-0.4, -0.2) is 29.4 Å². The fourth-order valence-electron chi connectivity index (χ4n) is 3.11. The highest BCUT2D eigenvalue weighted by Crippen LogP contribution is 2.46. The highest BCUT2D eigenvalue weighted by Gasteiger charge is 2.55. The maximum Gasteiger partial charge on any atom is 0.378 e. The van der Waals surface area contributed by atoms with Gasteiger partial charge in [-0.15, -0.1) is 0 Å². The third kappa shape index (κ3) is 1.54. The predicted molar refractivity (Wildman–Crippen MR) is 73.0 cm³/mol. The summed E-state index contributed by atoms with van der Waals surface area (Å²) < 4.78 is 0. The molecule has 1 heterocycles. The van der Waals surface area contributed by atoms with Crippen LogP contribution in [0.4, 0.5) is 5.69 Å². The number of nitrogens with zero attached hydrogens (tertiary/aromatic N) is 1. The Morgan fingerprint density at radius 1 is 1.30 bits per heavy atom. The molecule has 20 heavy (non-hydrogen) atoms. The van der Waals surface area contributed by atoms with Crippen molar-refractivity contribution in [3.05, 3.63) is 54.1 Å². The van der Waals surface area contributed by atoms with E-state index in [4.69, 9.17) is 5.26 Å². The van der Waals surface area contributed by atoms with Gasteiger partial charge in [-0.1, -0.05) is 42.5 Å². The van der Waals surface area contributed by atoms with Gasteiger partial charge in [0, 0.05) is 24.2 Å². The maximum absolute atomic E-state index is 12.0. The van der Waals surface area contributed by atoms with Crippen molar-refractivity contribution >= 4 is 11.7 Å². The zero-order valence-electron chi connectivity index (χ0n) is 10.9. The van der Waals surface area contributed by atoms with Crippen LogP contribution in [-0.2, 0) is 15.3 Å². The van der Waals surface area contributed by atoms with Crippen molar-refractivity contribution in [2.75, 3.05) is 11.9 Å². The Kier molecular flexibility index (Phi) is 2.88.